The summed E-state index contributed by atoms with van der Waals surface area (Å²) < 4.78 is 67.2. The van der Waals surface area contributed by atoms with Crippen LogP contribution in [0.15, 0.2) is 41.3 Å². The van der Waals surface area contributed by atoms with E-state index in [0.717, 1.165) is 6.07 Å². The van der Waals surface area contributed by atoms with Gasteiger partial charge in [0.05, 0.1) is 21.9 Å². The third-order valence-electron chi connectivity index (χ3n) is 5.70. The van der Waals surface area contributed by atoms with Crippen LogP contribution in [0.3, 0.4) is 0 Å². The van der Waals surface area contributed by atoms with Crippen LogP contribution in [0.5, 0.6) is 0 Å². The third-order valence-corrected chi connectivity index (χ3v) is 8.14. The summed E-state index contributed by atoms with van der Waals surface area (Å²) in [5, 5.41) is 8.68. The molecule has 2 aromatic rings. The molecule has 1 aliphatic rings. The van der Waals surface area contributed by atoms with Crippen molar-refractivity contribution in [2.45, 2.75) is 50.3 Å². The Kier molecular flexibility index (Phi) is 7.02. The Morgan fingerprint density at radius 3 is 2.24 bits per heavy atom. The van der Waals surface area contributed by atoms with E-state index in [9.17, 15) is 26.4 Å². The molecule has 33 heavy (non-hydrogen) atoms. The van der Waals surface area contributed by atoms with Crippen LogP contribution in [0, 0.1) is 6.92 Å². The fourth-order valence-corrected chi connectivity index (χ4v) is 6.34. The minimum Gasteiger partial charge on any atom is -0.481 e. The number of halogens is 4. The van der Waals surface area contributed by atoms with Crippen molar-refractivity contribution in [3.63, 3.8) is 0 Å². The molecule has 6 nitrogen and oxygen atoms in total. The van der Waals surface area contributed by atoms with Crippen LogP contribution in [0.4, 0.5) is 18.9 Å². The number of sulfonamides is 1. The molecule has 0 unspecified atom stereocenters. The van der Waals surface area contributed by atoms with Gasteiger partial charge in [-0.15, -0.1) is 0 Å². The first-order chi connectivity index (χ1) is 15.2. The number of aryl methyl sites for hydroxylation is 1. The van der Waals surface area contributed by atoms with Gasteiger partial charge in [-0.3, -0.25) is 4.79 Å². The lowest BCUT2D eigenvalue weighted by Crippen LogP contribution is -2.58. The van der Waals surface area contributed by atoms with Crippen molar-refractivity contribution >= 4 is 33.3 Å². The van der Waals surface area contributed by atoms with Crippen LogP contribution in [-0.4, -0.2) is 49.0 Å². The van der Waals surface area contributed by atoms with E-state index in [4.69, 9.17) is 16.7 Å². The number of hydrogen-bond acceptors (Lipinski definition) is 4. The molecule has 2 atom stereocenters. The topological polar surface area (TPSA) is 77.9 Å². The molecule has 1 N–H and O–H groups in total. The summed E-state index contributed by atoms with van der Waals surface area (Å²) in [6, 6.07) is 6.93. The number of anilines is 1. The summed E-state index contributed by atoms with van der Waals surface area (Å²) in [6.07, 6.45) is -4.85. The van der Waals surface area contributed by atoms with Crippen LogP contribution >= 0.6 is 11.6 Å². The molecule has 1 saturated heterocycles. The molecule has 0 spiro atoms. The number of aliphatic carboxylic acids is 1. The summed E-state index contributed by atoms with van der Waals surface area (Å²) >= 11 is 5.86. The van der Waals surface area contributed by atoms with Gasteiger partial charge in [0, 0.05) is 30.9 Å². The van der Waals surface area contributed by atoms with Gasteiger partial charge in [0.15, 0.2) is 0 Å². The normalized spacial score (nSPS) is 20.2. The average Bonchev–Trinajstić information content (AvgIpc) is 2.67. The lowest BCUT2D eigenvalue weighted by Gasteiger charge is -2.44. The second-order valence-electron chi connectivity index (χ2n) is 8.26. The van der Waals surface area contributed by atoms with E-state index in [1.807, 2.05) is 0 Å². The largest absolute Gasteiger partial charge is 0.481 e. The fourth-order valence-electron chi connectivity index (χ4n) is 4.21. The molecule has 180 valence electrons. The first kappa shape index (κ1) is 25.3. The molecule has 3 rings (SSSR count). The average molecular weight is 505 g/mol. The SMILES string of the molecule is Cc1ccc(S(=O)(=O)N2[C@H](C)CN(c3ccc(C(F)(F)F)c(Cl)c3)C[C@@H]2C)cc1CC(=O)O. The molecular formula is C22H24ClF3N2O4S. The zero-order chi connectivity index (χ0) is 24.7. The molecule has 0 aromatic heterocycles. The highest BCUT2D eigenvalue weighted by atomic mass is 35.5. The van der Waals surface area contributed by atoms with E-state index in [-0.39, 0.29) is 24.4 Å². The predicted molar refractivity (Wildman–Crippen MR) is 119 cm³/mol. The van der Waals surface area contributed by atoms with Crippen molar-refractivity contribution in [1.82, 2.24) is 4.31 Å². The van der Waals surface area contributed by atoms with Crippen molar-refractivity contribution in [3.05, 3.63) is 58.1 Å². The summed E-state index contributed by atoms with van der Waals surface area (Å²) in [6.45, 7) is 5.66. The van der Waals surface area contributed by atoms with Gasteiger partial charge in [-0.25, -0.2) is 8.42 Å². The van der Waals surface area contributed by atoms with Crippen LogP contribution in [0.1, 0.15) is 30.5 Å². The van der Waals surface area contributed by atoms with Gasteiger partial charge in [0.25, 0.3) is 0 Å². The molecule has 1 heterocycles. The fraction of sp³-hybridized carbons (Fsp3) is 0.409. The zero-order valence-electron chi connectivity index (χ0n) is 18.2. The van der Waals surface area contributed by atoms with Crippen molar-refractivity contribution in [1.29, 1.82) is 0 Å². The van der Waals surface area contributed by atoms with Gasteiger partial charge in [0.2, 0.25) is 10.0 Å². The molecule has 0 radical (unpaired) electrons. The Hall–Kier alpha value is -2.30. The number of hydrogen-bond donors (Lipinski definition) is 1. The maximum absolute atomic E-state index is 13.4. The van der Waals surface area contributed by atoms with Crippen LogP contribution in [0.2, 0.25) is 5.02 Å². The van der Waals surface area contributed by atoms with E-state index >= 15 is 0 Å². The quantitative estimate of drug-likeness (QED) is 0.645. The predicted octanol–water partition coefficient (Wildman–Crippen LogP) is 4.58. The molecular weight excluding hydrogens is 481 g/mol. The number of carboxylic acid groups (broad SMARTS) is 1. The molecule has 1 aliphatic heterocycles. The molecule has 0 saturated carbocycles. The third kappa shape index (κ3) is 5.28. The Balaban J connectivity index is 1.87. The number of alkyl halides is 3. The van der Waals surface area contributed by atoms with E-state index < -0.39 is 44.8 Å². The standard InChI is InChI=1S/C22H24ClF3N2O4S/c1-13-4-6-18(8-16(13)9-21(29)30)33(31,32)28-14(2)11-27(12-15(28)3)17-5-7-19(20(23)10-17)22(24,25)26/h4-8,10,14-15H,9,11-12H2,1-3H3,(H,29,30)/t14-,15+. The van der Waals surface area contributed by atoms with Gasteiger partial charge in [0.1, 0.15) is 0 Å². The van der Waals surface area contributed by atoms with Crippen LogP contribution in [0.25, 0.3) is 0 Å². The highest BCUT2D eigenvalue weighted by Crippen LogP contribution is 2.37. The van der Waals surface area contributed by atoms with Gasteiger partial charge < -0.3 is 10.0 Å². The number of piperazine rings is 1. The number of benzene rings is 2. The lowest BCUT2D eigenvalue weighted by molar-refractivity contribution is -0.138. The second-order valence-corrected chi connectivity index (χ2v) is 10.5. The number of carboxylic acids is 1. The molecule has 11 heteroatoms. The van der Waals surface area contributed by atoms with Crippen molar-refractivity contribution in [3.8, 4) is 0 Å². The zero-order valence-corrected chi connectivity index (χ0v) is 19.8. The number of carbonyl (C=O) groups is 1. The van der Waals surface area contributed by atoms with Gasteiger partial charge >= 0.3 is 12.1 Å². The molecule has 2 aromatic carbocycles. The van der Waals surface area contributed by atoms with E-state index in [1.165, 1.54) is 28.6 Å². The van der Waals surface area contributed by atoms with E-state index in [2.05, 4.69) is 0 Å². The minimum atomic E-state index is -4.56. The highest BCUT2D eigenvalue weighted by molar-refractivity contribution is 7.89. The van der Waals surface area contributed by atoms with Crippen molar-refractivity contribution in [2.24, 2.45) is 0 Å². The van der Waals surface area contributed by atoms with Gasteiger partial charge in [-0.1, -0.05) is 17.7 Å². The summed E-state index contributed by atoms with van der Waals surface area (Å²) in [5.74, 6) is -1.06. The van der Waals surface area contributed by atoms with Crippen LogP contribution in [-0.2, 0) is 27.4 Å². The Morgan fingerprint density at radius 2 is 1.73 bits per heavy atom. The first-order valence-electron chi connectivity index (χ1n) is 10.2. The van der Waals surface area contributed by atoms with Crippen molar-refractivity contribution in [2.75, 3.05) is 18.0 Å². The Morgan fingerprint density at radius 1 is 1.12 bits per heavy atom. The second kappa shape index (κ2) is 9.15. The summed E-state index contributed by atoms with van der Waals surface area (Å²) in [4.78, 5) is 12.9. The van der Waals surface area contributed by atoms with E-state index in [1.54, 1.807) is 31.7 Å². The first-order valence-corrected chi connectivity index (χ1v) is 12.0. The maximum Gasteiger partial charge on any atom is 0.417 e. The number of nitrogens with zero attached hydrogens (tertiary/aromatic N) is 2. The maximum atomic E-state index is 13.4. The summed E-state index contributed by atoms with van der Waals surface area (Å²) in [7, 11) is -3.94. The lowest BCUT2D eigenvalue weighted by atomic mass is 10.1. The monoisotopic (exact) mass is 504 g/mol. The highest BCUT2D eigenvalue weighted by Gasteiger charge is 2.39. The number of rotatable bonds is 5. The van der Waals surface area contributed by atoms with Gasteiger partial charge in [-0.2, -0.15) is 17.5 Å². The Labute approximate surface area is 195 Å². The van der Waals surface area contributed by atoms with Crippen LogP contribution < -0.4 is 4.90 Å². The molecule has 1 fully saturated rings. The molecule has 0 bridgehead atoms. The summed E-state index contributed by atoms with van der Waals surface area (Å²) in [5.41, 5.74) is 0.651. The minimum absolute atomic E-state index is 0.00840. The van der Waals surface area contributed by atoms with E-state index in [0.29, 0.717) is 16.8 Å². The Bertz CT molecular complexity index is 1160. The molecule has 0 aliphatic carbocycles. The van der Waals surface area contributed by atoms with Gasteiger partial charge in [-0.05, 0) is 62.2 Å². The van der Waals surface area contributed by atoms with Crippen molar-refractivity contribution < 1.29 is 31.5 Å². The molecule has 0 amide bonds. The smallest absolute Gasteiger partial charge is 0.417 e.